The summed E-state index contributed by atoms with van der Waals surface area (Å²) >= 11 is 0. The summed E-state index contributed by atoms with van der Waals surface area (Å²) in [5.41, 5.74) is 0.535. The van der Waals surface area contributed by atoms with Crippen LogP contribution in [0.4, 0.5) is 5.69 Å². The molecule has 7 nitrogen and oxygen atoms in total. The molecule has 7 heteroatoms. The van der Waals surface area contributed by atoms with Crippen molar-refractivity contribution in [3.05, 3.63) is 48.5 Å². The molecule has 0 saturated carbocycles. The van der Waals surface area contributed by atoms with Crippen LogP contribution in [0.15, 0.2) is 48.5 Å². The van der Waals surface area contributed by atoms with E-state index in [4.69, 9.17) is 18.9 Å². The number of hydrogen-bond acceptors (Lipinski definition) is 6. The smallest absolute Gasteiger partial charge is 0.347 e. The number of carbonyl (C=O) groups is 2. The van der Waals surface area contributed by atoms with E-state index in [0.717, 1.165) is 0 Å². The summed E-state index contributed by atoms with van der Waals surface area (Å²) < 4.78 is 21.6. The van der Waals surface area contributed by atoms with Crippen LogP contribution in [0.2, 0.25) is 0 Å². The Balaban J connectivity index is 1.49. The molecule has 3 rings (SSSR count). The first-order chi connectivity index (χ1) is 13.2. The number of carbonyl (C=O) groups excluding carboxylic acids is 2. The second-order valence-electron chi connectivity index (χ2n) is 5.84. The number of nitrogens with one attached hydrogen (secondary N) is 1. The number of hydrogen-bond donors (Lipinski definition) is 1. The number of esters is 1. The van der Waals surface area contributed by atoms with Crippen molar-refractivity contribution >= 4 is 17.6 Å². The van der Waals surface area contributed by atoms with Crippen molar-refractivity contribution in [1.82, 2.24) is 0 Å². The van der Waals surface area contributed by atoms with Crippen molar-refractivity contribution in [1.29, 1.82) is 0 Å². The third-order valence-electron chi connectivity index (χ3n) is 3.83. The zero-order valence-corrected chi connectivity index (χ0v) is 15.0. The highest BCUT2D eigenvalue weighted by molar-refractivity contribution is 5.93. The number of anilines is 1. The predicted octanol–water partition coefficient (Wildman–Crippen LogP) is 2.80. The molecular weight excluding hydrogens is 350 g/mol. The molecule has 0 aromatic heterocycles. The van der Waals surface area contributed by atoms with Crippen LogP contribution in [-0.2, 0) is 14.3 Å². The highest BCUT2D eigenvalue weighted by Gasteiger charge is 2.21. The van der Waals surface area contributed by atoms with Crippen LogP contribution in [0.3, 0.4) is 0 Å². The van der Waals surface area contributed by atoms with E-state index in [1.807, 2.05) is 25.1 Å². The van der Waals surface area contributed by atoms with Crippen molar-refractivity contribution < 1.29 is 28.5 Å². The number of ether oxygens (including phenoxy) is 4. The molecule has 142 valence electrons. The van der Waals surface area contributed by atoms with Gasteiger partial charge in [0, 0.05) is 11.8 Å². The van der Waals surface area contributed by atoms with Gasteiger partial charge in [-0.15, -0.1) is 0 Å². The quantitative estimate of drug-likeness (QED) is 0.754. The summed E-state index contributed by atoms with van der Waals surface area (Å²) in [7, 11) is 0. The topological polar surface area (TPSA) is 83.1 Å². The third-order valence-corrected chi connectivity index (χ3v) is 3.83. The fourth-order valence-corrected chi connectivity index (χ4v) is 2.51. The van der Waals surface area contributed by atoms with Crippen LogP contribution in [0.5, 0.6) is 17.2 Å². The molecule has 0 aliphatic carbocycles. The maximum atomic E-state index is 12.2. The fraction of sp³-hybridized carbons (Fsp3) is 0.300. The largest absolute Gasteiger partial charge is 0.486 e. The molecule has 1 amide bonds. The molecule has 0 fully saturated rings. The first kappa shape index (κ1) is 18.6. The zero-order chi connectivity index (χ0) is 19.1. The van der Waals surface area contributed by atoms with E-state index in [2.05, 4.69) is 5.32 Å². The van der Waals surface area contributed by atoms with Gasteiger partial charge in [0.2, 0.25) is 0 Å². The molecule has 1 heterocycles. The molecule has 1 aliphatic heterocycles. The van der Waals surface area contributed by atoms with E-state index >= 15 is 0 Å². The van der Waals surface area contributed by atoms with Crippen LogP contribution >= 0.6 is 0 Å². The minimum absolute atomic E-state index is 0.401. The number of fused-ring (bicyclic) bond motifs is 1. The van der Waals surface area contributed by atoms with Gasteiger partial charge >= 0.3 is 5.97 Å². The van der Waals surface area contributed by atoms with E-state index in [1.54, 1.807) is 30.3 Å². The van der Waals surface area contributed by atoms with Gasteiger partial charge in [0.05, 0.1) is 0 Å². The van der Waals surface area contributed by atoms with Gasteiger partial charge in [0.15, 0.2) is 24.2 Å². The monoisotopic (exact) mass is 371 g/mol. The lowest BCUT2D eigenvalue weighted by molar-refractivity contribution is -0.154. The molecule has 2 aromatic carbocycles. The average Bonchev–Trinajstić information content (AvgIpc) is 2.71. The molecule has 0 spiro atoms. The molecule has 0 unspecified atom stereocenters. The lowest BCUT2D eigenvalue weighted by atomic mass is 10.2. The van der Waals surface area contributed by atoms with Gasteiger partial charge in [-0.1, -0.05) is 25.1 Å². The highest BCUT2D eigenvalue weighted by atomic mass is 16.6. The van der Waals surface area contributed by atoms with Crippen molar-refractivity contribution in [2.24, 2.45) is 0 Å². The molecule has 1 N–H and O–H groups in total. The first-order valence-corrected chi connectivity index (χ1v) is 8.73. The summed E-state index contributed by atoms with van der Waals surface area (Å²) in [6, 6.07) is 14.1. The molecule has 2 aromatic rings. The van der Waals surface area contributed by atoms with Crippen molar-refractivity contribution in [3.63, 3.8) is 0 Å². The van der Waals surface area contributed by atoms with Gasteiger partial charge in [-0.3, -0.25) is 4.79 Å². The highest BCUT2D eigenvalue weighted by Crippen LogP contribution is 2.32. The van der Waals surface area contributed by atoms with Crippen LogP contribution in [0, 0.1) is 0 Å². The lowest BCUT2D eigenvalue weighted by Gasteiger charge is -2.19. The van der Waals surface area contributed by atoms with E-state index in [-0.39, 0.29) is 0 Å². The fourth-order valence-electron chi connectivity index (χ4n) is 2.51. The van der Waals surface area contributed by atoms with Gasteiger partial charge < -0.3 is 24.3 Å². The van der Waals surface area contributed by atoms with E-state index in [0.29, 0.717) is 42.6 Å². The normalized spacial score (nSPS) is 13.4. The standard InChI is InChI=1S/C20H21NO6/c1-2-16(27-15-6-4-3-5-7-15)20(23)26-13-19(22)21-14-8-9-17-18(12-14)25-11-10-24-17/h3-9,12,16H,2,10-11,13H2,1H3,(H,21,22)/t16-/m0/s1. The maximum absolute atomic E-state index is 12.2. The Labute approximate surface area is 157 Å². The molecule has 0 bridgehead atoms. The number of amides is 1. The minimum Gasteiger partial charge on any atom is -0.486 e. The predicted molar refractivity (Wildman–Crippen MR) is 98.2 cm³/mol. The molecule has 1 atom stereocenters. The number of rotatable bonds is 7. The summed E-state index contributed by atoms with van der Waals surface area (Å²) in [6.07, 6.45) is -0.341. The van der Waals surface area contributed by atoms with Crippen molar-refractivity contribution in [2.75, 3.05) is 25.1 Å². The lowest BCUT2D eigenvalue weighted by Crippen LogP contribution is -2.31. The van der Waals surface area contributed by atoms with Crippen LogP contribution in [0.1, 0.15) is 13.3 Å². The molecule has 1 aliphatic rings. The van der Waals surface area contributed by atoms with Gasteiger partial charge in [0.1, 0.15) is 19.0 Å². The second-order valence-corrected chi connectivity index (χ2v) is 5.84. The van der Waals surface area contributed by atoms with Crippen molar-refractivity contribution in [2.45, 2.75) is 19.4 Å². The van der Waals surface area contributed by atoms with Crippen LogP contribution < -0.4 is 19.5 Å². The molecule has 27 heavy (non-hydrogen) atoms. The van der Waals surface area contributed by atoms with Crippen molar-refractivity contribution in [3.8, 4) is 17.2 Å². The second kappa shape index (κ2) is 8.93. The molecule has 0 saturated heterocycles. The van der Waals surface area contributed by atoms with Gasteiger partial charge in [-0.25, -0.2) is 4.79 Å². The Morgan fingerprint density at radius 2 is 1.81 bits per heavy atom. The Bertz CT molecular complexity index is 792. The SMILES string of the molecule is CC[C@H](Oc1ccccc1)C(=O)OCC(=O)Nc1ccc2c(c1)OCCO2. The van der Waals surface area contributed by atoms with E-state index in [9.17, 15) is 9.59 Å². The Morgan fingerprint density at radius 1 is 1.07 bits per heavy atom. The number of benzene rings is 2. The van der Waals surface area contributed by atoms with Gasteiger partial charge in [0.25, 0.3) is 5.91 Å². The zero-order valence-electron chi connectivity index (χ0n) is 15.0. The average molecular weight is 371 g/mol. The summed E-state index contributed by atoms with van der Waals surface area (Å²) in [4.78, 5) is 24.2. The van der Waals surface area contributed by atoms with Gasteiger partial charge in [-0.2, -0.15) is 0 Å². The number of para-hydroxylation sites is 1. The Kier molecular flexibility index (Phi) is 6.14. The summed E-state index contributed by atoms with van der Waals surface area (Å²) in [5.74, 6) is 0.739. The van der Waals surface area contributed by atoms with Crippen LogP contribution in [-0.4, -0.2) is 37.8 Å². The summed E-state index contributed by atoms with van der Waals surface area (Å²) in [6.45, 7) is 2.37. The van der Waals surface area contributed by atoms with E-state index < -0.39 is 24.6 Å². The molecular formula is C20H21NO6. The van der Waals surface area contributed by atoms with Crippen LogP contribution in [0.25, 0.3) is 0 Å². The molecule has 0 radical (unpaired) electrons. The minimum atomic E-state index is -0.769. The third kappa shape index (κ3) is 5.13. The summed E-state index contributed by atoms with van der Waals surface area (Å²) in [5, 5.41) is 2.66. The first-order valence-electron chi connectivity index (χ1n) is 8.73. The Morgan fingerprint density at radius 3 is 2.56 bits per heavy atom. The maximum Gasteiger partial charge on any atom is 0.347 e. The van der Waals surface area contributed by atoms with E-state index in [1.165, 1.54) is 0 Å². The van der Waals surface area contributed by atoms with Gasteiger partial charge in [-0.05, 0) is 30.7 Å². The Hall–Kier alpha value is -3.22.